The van der Waals surface area contributed by atoms with Crippen molar-refractivity contribution in [2.75, 3.05) is 0 Å². The topological polar surface area (TPSA) is 192 Å². The van der Waals surface area contributed by atoms with E-state index in [-0.39, 0.29) is 36.3 Å². The summed E-state index contributed by atoms with van der Waals surface area (Å²) in [7, 11) is 0. The van der Waals surface area contributed by atoms with Crippen LogP contribution in [0.4, 0.5) is 11.6 Å². The number of nitrogens with two attached hydrogens (primary N) is 1. The number of nitro groups is 2. The first-order chi connectivity index (χ1) is 14.3. The first-order valence-electron chi connectivity index (χ1n) is 9.10. The smallest absolute Gasteiger partial charge is 0.380 e. The van der Waals surface area contributed by atoms with Crippen LogP contribution < -0.4 is 5.73 Å². The molecule has 0 bridgehead atoms. The van der Waals surface area contributed by atoms with Gasteiger partial charge in [-0.25, -0.2) is 4.79 Å². The summed E-state index contributed by atoms with van der Waals surface area (Å²) >= 11 is 0. The zero-order valence-corrected chi connectivity index (χ0v) is 17.6. The Balaban J connectivity index is 0. The Labute approximate surface area is 185 Å². The van der Waals surface area contributed by atoms with Crippen molar-refractivity contribution >= 4 is 23.4 Å². The highest BCUT2D eigenvalue weighted by atomic mass is 16.6. The van der Waals surface area contributed by atoms with Crippen LogP contribution in [0, 0.1) is 26.1 Å². The van der Waals surface area contributed by atoms with Gasteiger partial charge in [-0.1, -0.05) is 35.1 Å². The van der Waals surface area contributed by atoms with E-state index in [2.05, 4.69) is 9.97 Å². The number of rotatable bonds is 6. The van der Waals surface area contributed by atoms with Crippen molar-refractivity contribution in [1.82, 2.24) is 9.97 Å². The molecule has 3 N–H and O–H groups in total. The summed E-state index contributed by atoms with van der Waals surface area (Å²) in [6.07, 6.45) is 0.355. The molecular formula is C20H29N5O7. The molecule has 12 heteroatoms. The van der Waals surface area contributed by atoms with Crippen molar-refractivity contribution in [3.05, 3.63) is 68.0 Å². The number of pyridine rings is 2. The van der Waals surface area contributed by atoms with Gasteiger partial charge in [0.25, 0.3) is 5.69 Å². The third-order valence-corrected chi connectivity index (χ3v) is 2.94. The second-order valence-electron chi connectivity index (χ2n) is 6.85. The number of hydrogen-bond acceptors (Lipinski definition) is 9. The van der Waals surface area contributed by atoms with Gasteiger partial charge < -0.3 is 31.1 Å². The molecule has 0 atom stereocenters. The van der Waals surface area contributed by atoms with Crippen LogP contribution in [0.2, 0.25) is 0 Å². The Kier molecular flexibility index (Phi) is 14.3. The highest BCUT2D eigenvalue weighted by Crippen LogP contribution is 2.11. The standard InChI is InChI=1S/C10H12N2O3.C6H4N2O4.C3H9N.CH4/c1-7(2)6-9(13)8-4-3-5-10(11-8)12(14)15;9-6(10)4-2-1-3-5(7-4)8(11)12;1-3(2)4;/h3-5,7H,6H2,1-2H3;1-3H,(H,9,10);3H,4H2,1-2H3;1H4. The average Bonchev–Trinajstić information content (AvgIpc) is 2.67. The molecule has 0 fully saturated rings. The molecule has 0 aliphatic rings. The number of aromatic carboxylic acids is 1. The lowest BCUT2D eigenvalue weighted by molar-refractivity contribution is -0.389. The highest BCUT2D eigenvalue weighted by molar-refractivity contribution is 5.94. The average molecular weight is 451 g/mol. The monoisotopic (exact) mass is 451 g/mol. The summed E-state index contributed by atoms with van der Waals surface area (Å²) in [4.78, 5) is 48.0. The van der Waals surface area contributed by atoms with Crippen molar-refractivity contribution in [2.45, 2.75) is 47.6 Å². The Hall–Kier alpha value is -3.80. The van der Waals surface area contributed by atoms with E-state index in [1.54, 1.807) is 0 Å². The van der Waals surface area contributed by atoms with Gasteiger partial charge in [0.2, 0.25) is 11.5 Å². The van der Waals surface area contributed by atoms with Crippen LogP contribution in [-0.2, 0) is 0 Å². The van der Waals surface area contributed by atoms with Crippen molar-refractivity contribution in [3.8, 4) is 0 Å². The zero-order valence-electron chi connectivity index (χ0n) is 17.6. The number of Topliss-reactive ketones (excluding diaryl/α,β-unsaturated/α-hetero) is 1. The second kappa shape index (κ2) is 15.1. The fourth-order valence-corrected chi connectivity index (χ4v) is 1.80. The number of carbonyl (C=O) groups is 2. The van der Waals surface area contributed by atoms with Crippen molar-refractivity contribution < 1.29 is 24.5 Å². The van der Waals surface area contributed by atoms with E-state index in [0.29, 0.717) is 12.5 Å². The molecule has 2 heterocycles. The fraction of sp³-hybridized carbons (Fsp3) is 0.400. The van der Waals surface area contributed by atoms with Crippen LogP contribution >= 0.6 is 0 Å². The van der Waals surface area contributed by atoms with Gasteiger partial charge in [0.15, 0.2) is 0 Å². The number of carboxylic acid groups (broad SMARTS) is 1. The Morgan fingerprint density at radius 1 is 0.938 bits per heavy atom. The Morgan fingerprint density at radius 3 is 1.66 bits per heavy atom. The molecule has 0 amide bonds. The van der Waals surface area contributed by atoms with E-state index in [9.17, 15) is 29.8 Å². The summed E-state index contributed by atoms with van der Waals surface area (Å²) < 4.78 is 0. The van der Waals surface area contributed by atoms with E-state index in [4.69, 9.17) is 10.8 Å². The van der Waals surface area contributed by atoms with Gasteiger partial charge in [-0.3, -0.25) is 4.79 Å². The van der Waals surface area contributed by atoms with E-state index in [1.807, 2.05) is 27.7 Å². The SMILES string of the molecule is C.CC(C)CC(=O)c1cccc([N+](=O)[O-])n1.CC(C)N.O=C(O)c1cccc([N+](=O)[O-])n1. The minimum Gasteiger partial charge on any atom is -0.475 e. The molecule has 0 spiro atoms. The quantitative estimate of drug-likeness (QED) is 0.369. The third-order valence-electron chi connectivity index (χ3n) is 2.94. The molecule has 0 aromatic carbocycles. The van der Waals surface area contributed by atoms with Crippen LogP contribution in [0.25, 0.3) is 0 Å². The maximum absolute atomic E-state index is 11.5. The first kappa shape index (κ1) is 30.4. The van der Waals surface area contributed by atoms with Crippen LogP contribution in [0.3, 0.4) is 0 Å². The van der Waals surface area contributed by atoms with Crippen LogP contribution in [0.1, 0.15) is 62.5 Å². The number of carboxylic acids is 1. The van der Waals surface area contributed by atoms with E-state index in [1.165, 1.54) is 30.3 Å². The van der Waals surface area contributed by atoms with Gasteiger partial charge in [-0.2, -0.15) is 0 Å². The van der Waals surface area contributed by atoms with Gasteiger partial charge in [0.05, 0.1) is 0 Å². The molecule has 0 radical (unpaired) electrons. The van der Waals surface area contributed by atoms with Gasteiger partial charge in [-0.05, 0) is 56.0 Å². The summed E-state index contributed by atoms with van der Waals surface area (Å²) in [6, 6.07) is 8.17. The third kappa shape index (κ3) is 12.7. The number of hydrogen-bond donors (Lipinski definition) is 2. The molecule has 2 rings (SSSR count). The highest BCUT2D eigenvalue weighted by Gasteiger charge is 2.17. The summed E-state index contributed by atoms with van der Waals surface area (Å²) in [6.45, 7) is 7.71. The molecule has 2 aromatic rings. The number of carbonyl (C=O) groups excluding carboxylic acids is 1. The van der Waals surface area contributed by atoms with Crippen molar-refractivity contribution in [3.63, 3.8) is 0 Å². The number of nitrogens with zero attached hydrogens (tertiary/aromatic N) is 4. The fourth-order valence-electron chi connectivity index (χ4n) is 1.80. The number of ketones is 1. The molecule has 2 aromatic heterocycles. The molecule has 0 aliphatic carbocycles. The molecule has 12 nitrogen and oxygen atoms in total. The predicted molar refractivity (Wildman–Crippen MR) is 119 cm³/mol. The second-order valence-corrected chi connectivity index (χ2v) is 6.85. The van der Waals surface area contributed by atoms with Crippen LogP contribution in [0.5, 0.6) is 0 Å². The zero-order chi connectivity index (χ0) is 24.1. The Bertz CT molecular complexity index is 885. The number of aromatic nitrogens is 2. The molecule has 0 saturated carbocycles. The van der Waals surface area contributed by atoms with Gasteiger partial charge in [0.1, 0.15) is 0 Å². The minimum absolute atomic E-state index is 0. The molecule has 32 heavy (non-hydrogen) atoms. The van der Waals surface area contributed by atoms with Crippen molar-refractivity contribution in [1.29, 1.82) is 0 Å². The maximum atomic E-state index is 11.5. The van der Waals surface area contributed by atoms with Crippen LogP contribution in [-0.4, -0.2) is 42.7 Å². The molecular weight excluding hydrogens is 422 g/mol. The summed E-state index contributed by atoms with van der Waals surface area (Å²) in [5, 5.41) is 29.0. The van der Waals surface area contributed by atoms with Gasteiger partial charge in [-0.15, -0.1) is 0 Å². The molecule has 176 valence electrons. The molecule has 0 aliphatic heterocycles. The molecule has 0 saturated heterocycles. The lowest BCUT2D eigenvalue weighted by Gasteiger charge is -2.00. The lowest BCUT2D eigenvalue weighted by Crippen LogP contribution is -2.06. The summed E-state index contributed by atoms with van der Waals surface area (Å²) in [5.41, 5.74) is 4.95. The van der Waals surface area contributed by atoms with Crippen molar-refractivity contribution in [2.24, 2.45) is 11.7 Å². The van der Waals surface area contributed by atoms with Gasteiger partial charge >= 0.3 is 17.6 Å². The molecule has 0 unspecified atom stereocenters. The first-order valence-corrected chi connectivity index (χ1v) is 9.10. The lowest BCUT2D eigenvalue weighted by atomic mass is 10.1. The largest absolute Gasteiger partial charge is 0.475 e. The van der Waals surface area contributed by atoms with E-state index >= 15 is 0 Å². The van der Waals surface area contributed by atoms with E-state index in [0.717, 1.165) is 6.07 Å². The maximum Gasteiger partial charge on any atom is 0.380 e. The van der Waals surface area contributed by atoms with Gasteiger partial charge in [0, 0.05) is 18.6 Å². The van der Waals surface area contributed by atoms with Crippen LogP contribution in [0.15, 0.2) is 36.4 Å². The normalized spacial score (nSPS) is 9.47. The Morgan fingerprint density at radius 2 is 1.31 bits per heavy atom. The minimum atomic E-state index is -1.28. The van der Waals surface area contributed by atoms with E-state index < -0.39 is 21.6 Å². The summed E-state index contributed by atoms with van der Waals surface area (Å²) in [5.74, 6) is -1.97. The predicted octanol–water partition coefficient (Wildman–Crippen LogP) is 3.90.